The number of aryl methyl sites for hydroxylation is 2. The molecule has 1 aliphatic carbocycles. The molecule has 0 saturated carbocycles. The van der Waals surface area contributed by atoms with E-state index in [-0.39, 0.29) is 5.97 Å². The van der Waals surface area contributed by atoms with Crippen molar-refractivity contribution in [1.82, 2.24) is 4.98 Å². The highest BCUT2D eigenvalue weighted by Gasteiger charge is 2.17. The number of hydrogen-bond donors (Lipinski definition) is 0. The second-order valence-corrected chi connectivity index (χ2v) is 4.16. The predicted molar refractivity (Wildman–Crippen MR) is 61.6 cm³/mol. The maximum atomic E-state index is 11.6. The third-order valence-electron chi connectivity index (χ3n) is 3.03. The number of carbonyl (C=O) groups excluding carboxylic acids is 1. The molecule has 0 radical (unpaired) electrons. The molecule has 0 saturated heterocycles. The largest absolute Gasteiger partial charge is 0.461 e. The molecule has 0 bridgehead atoms. The Kier molecular flexibility index (Phi) is 3.22. The molecule has 0 aromatic carbocycles. The molecule has 0 spiro atoms. The molecule has 2 rings (SSSR count). The Labute approximate surface area is 95.8 Å². The maximum Gasteiger partial charge on any atom is 0.356 e. The van der Waals surface area contributed by atoms with E-state index in [1.54, 1.807) is 0 Å². The van der Waals surface area contributed by atoms with Gasteiger partial charge in [0.15, 0.2) is 0 Å². The highest BCUT2D eigenvalue weighted by molar-refractivity contribution is 5.87. The van der Waals surface area contributed by atoms with E-state index >= 15 is 0 Å². The normalized spacial score (nSPS) is 14.4. The van der Waals surface area contributed by atoms with Crippen LogP contribution in [0.4, 0.5) is 0 Å². The summed E-state index contributed by atoms with van der Waals surface area (Å²) in [4.78, 5) is 15.9. The van der Waals surface area contributed by atoms with Gasteiger partial charge in [0, 0.05) is 5.69 Å². The van der Waals surface area contributed by atoms with Crippen molar-refractivity contribution in [2.24, 2.45) is 0 Å². The monoisotopic (exact) mass is 219 g/mol. The first kappa shape index (κ1) is 11.1. The first-order valence-corrected chi connectivity index (χ1v) is 5.89. The number of fused-ring (bicyclic) bond motifs is 1. The van der Waals surface area contributed by atoms with E-state index in [0.717, 1.165) is 18.5 Å². The van der Waals surface area contributed by atoms with Gasteiger partial charge in [-0.2, -0.15) is 0 Å². The standard InChI is InChI=1S/C13H17NO2/c1-3-16-13(15)12-8-10-6-4-5-7-11(10)9(2)14-12/h8H,3-7H2,1-2H3. The smallest absolute Gasteiger partial charge is 0.356 e. The lowest BCUT2D eigenvalue weighted by molar-refractivity contribution is 0.0519. The van der Waals surface area contributed by atoms with Gasteiger partial charge in [-0.15, -0.1) is 0 Å². The van der Waals surface area contributed by atoms with Crippen molar-refractivity contribution in [1.29, 1.82) is 0 Å². The fraction of sp³-hybridized carbons (Fsp3) is 0.538. The van der Waals surface area contributed by atoms with Gasteiger partial charge in [-0.05, 0) is 56.7 Å². The number of rotatable bonds is 2. The second kappa shape index (κ2) is 4.64. The van der Waals surface area contributed by atoms with Crippen molar-refractivity contribution in [3.8, 4) is 0 Å². The van der Waals surface area contributed by atoms with Gasteiger partial charge in [-0.3, -0.25) is 0 Å². The molecular formula is C13H17NO2. The van der Waals surface area contributed by atoms with Crippen molar-refractivity contribution in [2.75, 3.05) is 6.61 Å². The van der Waals surface area contributed by atoms with E-state index in [4.69, 9.17) is 4.74 Å². The quantitative estimate of drug-likeness (QED) is 0.717. The predicted octanol–water partition coefficient (Wildman–Crippen LogP) is 2.45. The van der Waals surface area contributed by atoms with Crippen LogP contribution in [-0.4, -0.2) is 17.6 Å². The van der Waals surface area contributed by atoms with E-state index < -0.39 is 0 Å². The van der Waals surface area contributed by atoms with Crippen LogP contribution in [0.25, 0.3) is 0 Å². The average molecular weight is 219 g/mol. The summed E-state index contributed by atoms with van der Waals surface area (Å²) in [5.41, 5.74) is 4.06. The van der Waals surface area contributed by atoms with Crippen LogP contribution in [0.3, 0.4) is 0 Å². The Morgan fingerprint density at radius 2 is 2.19 bits per heavy atom. The fourth-order valence-corrected chi connectivity index (χ4v) is 2.26. The Morgan fingerprint density at radius 3 is 2.94 bits per heavy atom. The van der Waals surface area contributed by atoms with Gasteiger partial charge in [0.1, 0.15) is 5.69 Å². The van der Waals surface area contributed by atoms with Crippen LogP contribution in [0.1, 0.15) is 47.1 Å². The van der Waals surface area contributed by atoms with Crippen LogP contribution in [0, 0.1) is 6.92 Å². The Balaban J connectivity index is 2.35. The molecular weight excluding hydrogens is 202 g/mol. The van der Waals surface area contributed by atoms with E-state index in [0.29, 0.717) is 12.3 Å². The van der Waals surface area contributed by atoms with Crippen LogP contribution in [0.2, 0.25) is 0 Å². The third-order valence-corrected chi connectivity index (χ3v) is 3.03. The zero-order chi connectivity index (χ0) is 11.5. The summed E-state index contributed by atoms with van der Waals surface area (Å²) in [6.07, 6.45) is 4.59. The number of hydrogen-bond acceptors (Lipinski definition) is 3. The highest BCUT2D eigenvalue weighted by atomic mass is 16.5. The average Bonchev–Trinajstić information content (AvgIpc) is 2.29. The lowest BCUT2D eigenvalue weighted by atomic mass is 9.90. The van der Waals surface area contributed by atoms with Crippen LogP contribution < -0.4 is 0 Å². The molecule has 0 fully saturated rings. The van der Waals surface area contributed by atoms with Crippen LogP contribution >= 0.6 is 0 Å². The minimum Gasteiger partial charge on any atom is -0.461 e. The molecule has 16 heavy (non-hydrogen) atoms. The lowest BCUT2D eigenvalue weighted by Crippen LogP contribution is -2.13. The third kappa shape index (κ3) is 2.08. The van der Waals surface area contributed by atoms with E-state index in [1.165, 1.54) is 24.0 Å². The van der Waals surface area contributed by atoms with Crippen LogP contribution in [0.15, 0.2) is 6.07 Å². The van der Waals surface area contributed by atoms with Gasteiger partial charge in [0.05, 0.1) is 6.61 Å². The van der Waals surface area contributed by atoms with Gasteiger partial charge in [0.2, 0.25) is 0 Å². The number of pyridine rings is 1. The molecule has 0 atom stereocenters. The van der Waals surface area contributed by atoms with Crippen molar-refractivity contribution < 1.29 is 9.53 Å². The number of nitrogens with zero attached hydrogens (tertiary/aromatic N) is 1. The van der Waals surface area contributed by atoms with E-state index in [1.807, 2.05) is 19.9 Å². The molecule has 0 N–H and O–H groups in total. The summed E-state index contributed by atoms with van der Waals surface area (Å²) in [5.74, 6) is -0.307. The molecule has 3 nitrogen and oxygen atoms in total. The Morgan fingerprint density at radius 1 is 1.44 bits per heavy atom. The van der Waals surface area contributed by atoms with Gasteiger partial charge in [0.25, 0.3) is 0 Å². The number of esters is 1. The minimum absolute atomic E-state index is 0.307. The molecule has 3 heteroatoms. The number of ether oxygens (including phenoxy) is 1. The molecule has 0 unspecified atom stereocenters. The summed E-state index contributed by atoms with van der Waals surface area (Å²) in [6, 6.07) is 1.90. The molecule has 1 aliphatic rings. The zero-order valence-corrected chi connectivity index (χ0v) is 9.88. The first-order valence-electron chi connectivity index (χ1n) is 5.89. The molecule has 0 aliphatic heterocycles. The van der Waals surface area contributed by atoms with Crippen LogP contribution in [-0.2, 0) is 17.6 Å². The van der Waals surface area contributed by atoms with Gasteiger partial charge in [-0.1, -0.05) is 0 Å². The van der Waals surface area contributed by atoms with Crippen LogP contribution in [0.5, 0.6) is 0 Å². The summed E-state index contributed by atoms with van der Waals surface area (Å²) >= 11 is 0. The SMILES string of the molecule is CCOC(=O)c1cc2c(c(C)n1)CCCC2. The maximum absolute atomic E-state index is 11.6. The van der Waals surface area contributed by atoms with Gasteiger partial charge >= 0.3 is 5.97 Å². The summed E-state index contributed by atoms with van der Waals surface area (Å²) in [6.45, 7) is 4.19. The van der Waals surface area contributed by atoms with E-state index in [9.17, 15) is 4.79 Å². The molecule has 1 aromatic heterocycles. The molecule has 1 heterocycles. The summed E-state index contributed by atoms with van der Waals surface area (Å²) < 4.78 is 4.97. The Hall–Kier alpha value is -1.38. The van der Waals surface area contributed by atoms with E-state index in [2.05, 4.69) is 4.98 Å². The summed E-state index contributed by atoms with van der Waals surface area (Å²) in [5, 5.41) is 0. The molecule has 1 aromatic rings. The minimum atomic E-state index is -0.307. The zero-order valence-electron chi connectivity index (χ0n) is 9.88. The van der Waals surface area contributed by atoms with Gasteiger partial charge in [-0.25, -0.2) is 9.78 Å². The van der Waals surface area contributed by atoms with Crippen molar-refractivity contribution in [3.63, 3.8) is 0 Å². The second-order valence-electron chi connectivity index (χ2n) is 4.16. The lowest BCUT2D eigenvalue weighted by Gasteiger charge is -2.18. The highest BCUT2D eigenvalue weighted by Crippen LogP contribution is 2.24. The van der Waals surface area contributed by atoms with Gasteiger partial charge < -0.3 is 4.74 Å². The number of carbonyl (C=O) groups is 1. The number of aromatic nitrogens is 1. The Bertz CT molecular complexity index is 413. The first-order chi connectivity index (χ1) is 7.72. The van der Waals surface area contributed by atoms with Crippen molar-refractivity contribution >= 4 is 5.97 Å². The van der Waals surface area contributed by atoms with Crippen molar-refractivity contribution in [2.45, 2.75) is 39.5 Å². The summed E-state index contributed by atoms with van der Waals surface area (Å²) in [7, 11) is 0. The topological polar surface area (TPSA) is 39.2 Å². The van der Waals surface area contributed by atoms with Crippen molar-refractivity contribution in [3.05, 3.63) is 28.6 Å². The molecule has 0 amide bonds. The fourth-order valence-electron chi connectivity index (χ4n) is 2.26. The molecule has 86 valence electrons.